The molecule has 0 unspecified atom stereocenters. The fourth-order valence-corrected chi connectivity index (χ4v) is 3.14. The molecule has 0 bridgehead atoms. The summed E-state index contributed by atoms with van der Waals surface area (Å²) >= 11 is 0. The van der Waals surface area contributed by atoms with Crippen LogP contribution in [0.3, 0.4) is 0 Å². The Bertz CT molecular complexity index is 828. The summed E-state index contributed by atoms with van der Waals surface area (Å²) in [5, 5.41) is 0. The maximum absolute atomic E-state index is 6.22. The summed E-state index contributed by atoms with van der Waals surface area (Å²) in [6.07, 6.45) is 1.82. The largest absolute Gasteiger partial charge is 0.497 e. The van der Waals surface area contributed by atoms with E-state index < -0.39 is 0 Å². The van der Waals surface area contributed by atoms with Gasteiger partial charge in [0, 0.05) is 30.9 Å². The lowest BCUT2D eigenvalue weighted by Crippen LogP contribution is -2.25. The Morgan fingerprint density at radius 1 is 0.857 bits per heavy atom. The molecule has 0 aliphatic carbocycles. The number of hydrogen-bond acceptors (Lipinski definition) is 5. The van der Waals surface area contributed by atoms with E-state index >= 15 is 0 Å². The number of pyridine rings is 1. The van der Waals surface area contributed by atoms with E-state index in [-0.39, 0.29) is 6.04 Å². The van der Waals surface area contributed by atoms with Crippen LogP contribution in [0.1, 0.15) is 29.7 Å². The average molecular weight is 377 g/mol. The molecule has 3 rings (SSSR count). The molecule has 0 radical (unpaired) electrons. The van der Waals surface area contributed by atoms with Crippen LogP contribution in [0, 0.1) is 0 Å². The first-order valence-electron chi connectivity index (χ1n) is 9.32. The third-order valence-electron chi connectivity index (χ3n) is 4.67. The first-order valence-corrected chi connectivity index (χ1v) is 9.32. The highest BCUT2D eigenvalue weighted by Gasteiger charge is 2.16. The van der Waals surface area contributed by atoms with Crippen molar-refractivity contribution in [1.82, 2.24) is 4.98 Å². The molecule has 5 nitrogen and oxygen atoms in total. The van der Waals surface area contributed by atoms with E-state index in [1.54, 1.807) is 14.2 Å². The minimum Gasteiger partial charge on any atom is -0.497 e. The summed E-state index contributed by atoms with van der Waals surface area (Å²) in [7, 11) is 3.35. The molecule has 0 aliphatic rings. The SMILES string of the molecule is COc1ccc(CN(Cc2ccc(OC)cc2)c2ncccc2[C@@H](C)N)cc1. The summed E-state index contributed by atoms with van der Waals surface area (Å²) in [5.41, 5.74) is 9.60. The Morgan fingerprint density at radius 3 is 1.79 bits per heavy atom. The molecule has 1 heterocycles. The van der Waals surface area contributed by atoms with Gasteiger partial charge in [-0.05, 0) is 48.4 Å². The van der Waals surface area contributed by atoms with Gasteiger partial charge in [-0.1, -0.05) is 30.3 Å². The van der Waals surface area contributed by atoms with Crippen LogP contribution in [-0.4, -0.2) is 19.2 Å². The van der Waals surface area contributed by atoms with Crippen LogP contribution >= 0.6 is 0 Å². The monoisotopic (exact) mass is 377 g/mol. The summed E-state index contributed by atoms with van der Waals surface area (Å²) in [6.45, 7) is 3.42. The molecular weight excluding hydrogens is 350 g/mol. The molecule has 1 atom stereocenters. The van der Waals surface area contributed by atoms with Crippen LogP contribution in [-0.2, 0) is 13.1 Å². The second-order valence-electron chi connectivity index (χ2n) is 6.76. The predicted octanol–water partition coefficient (Wildman–Crippen LogP) is 4.33. The zero-order chi connectivity index (χ0) is 19.9. The van der Waals surface area contributed by atoms with Gasteiger partial charge in [-0.25, -0.2) is 4.98 Å². The van der Waals surface area contributed by atoms with Crippen LogP contribution in [0.4, 0.5) is 5.82 Å². The molecule has 2 aromatic carbocycles. The predicted molar refractivity (Wildman–Crippen MR) is 113 cm³/mol. The van der Waals surface area contributed by atoms with E-state index in [1.807, 2.05) is 49.5 Å². The molecule has 0 spiro atoms. The fourth-order valence-electron chi connectivity index (χ4n) is 3.14. The maximum Gasteiger partial charge on any atom is 0.133 e. The van der Waals surface area contributed by atoms with E-state index in [0.29, 0.717) is 13.1 Å². The van der Waals surface area contributed by atoms with Crippen LogP contribution < -0.4 is 20.1 Å². The fraction of sp³-hybridized carbons (Fsp3) is 0.261. The van der Waals surface area contributed by atoms with E-state index in [9.17, 15) is 0 Å². The number of nitrogens with two attached hydrogens (primary N) is 1. The lowest BCUT2D eigenvalue weighted by atomic mass is 10.1. The number of methoxy groups -OCH3 is 2. The first kappa shape index (κ1) is 19.7. The van der Waals surface area contributed by atoms with Gasteiger partial charge in [0.1, 0.15) is 17.3 Å². The van der Waals surface area contributed by atoms with Gasteiger partial charge in [-0.2, -0.15) is 0 Å². The number of anilines is 1. The Morgan fingerprint density at radius 2 is 1.36 bits per heavy atom. The molecule has 1 aromatic heterocycles. The van der Waals surface area contributed by atoms with Gasteiger partial charge < -0.3 is 20.1 Å². The van der Waals surface area contributed by atoms with Crippen molar-refractivity contribution in [2.24, 2.45) is 5.73 Å². The second-order valence-corrected chi connectivity index (χ2v) is 6.76. The Hall–Kier alpha value is -3.05. The normalized spacial score (nSPS) is 11.7. The zero-order valence-electron chi connectivity index (χ0n) is 16.6. The van der Waals surface area contributed by atoms with Gasteiger partial charge >= 0.3 is 0 Å². The highest BCUT2D eigenvalue weighted by atomic mass is 16.5. The van der Waals surface area contributed by atoms with Crippen molar-refractivity contribution in [2.75, 3.05) is 19.1 Å². The van der Waals surface area contributed by atoms with E-state index in [2.05, 4.69) is 34.1 Å². The van der Waals surface area contributed by atoms with Gasteiger partial charge in [0.15, 0.2) is 0 Å². The maximum atomic E-state index is 6.22. The van der Waals surface area contributed by atoms with Gasteiger partial charge in [-0.15, -0.1) is 0 Å². The Labute approximate surface area is 166 Å². The van der Waals surface area contributed by atoms with Crippen LogP contribution in [0.5, 0.6) is 11.5 Å². The van der Waals surface area contributed by atoms with Crippen LogP contribution in [0.2, 0.25) is 0 Å². The lowest BCUT2D eigenvalue weighted by Gasteiger charge is -2.27. The zero-order valence-corrected chi connectivity index (χ0v) is 16.6. The summed E-state index contributed by atoms with van der Waals surface area (Å²) in [6, 6.07) is 20.1. The molecule has 0 saturated carbocycles. The number of ether oxygens (including phenoxy) is 2. The van der Waals surface area contributed by atoms with Gasteiger partial charge in [0.25, 0.3) is 0 Å². The first-order chi connectivity index (χ1) is 13.6. The van der Waals surface area contributed by atoms with Crippen molar-refractivity contribution in [2.45, 2.75) is 26.1 Å². The third-order valence-corrected chi connectivity index (χ3v) is 4.67. The Balaban J connectivity index is 1.92. The molecule has 2 N–H and O–H groups in total. The topological polar surface area (TPSA) is 60.6 Å². The highest BCUT2D eigenvalue weighted by molar-refractivity contribution is 5.50. The molecule has 0 saturated heterocycles. The second kappa shape index (κ2) is 9.24. The van der Waals surface area contributed by atoms with Crippen molar-refractivity contribution in [1.29, 1.82) is 0 Å². The standard InChI is InChI=1S/C23H27N3O2/c1-17(24)22-5-4-14-25-23(22)26(15-18-6-10-20(27-2)11-7-18)16-19-8-12-21(28-3)13-9-19/h4-14,17H,15-16,24H2,1-3H3/t17-/m1/s1. The van der Waals surface area contributed by atoms with Gasteiger partial charge in [0.2, 0.25) is 0 Å². The molecular formula is C23H27N3O2. The summed E-state index contributed by atoms with van der Waals surface area (Å²) in [4.78, 5) is 6.91. The minimum atomic E-state index is -0.0991. The molecule has 0 aliphatic heterocycles. The van der Waals surface area contributed by atoms with Gasteiger partial charge in [-0.3, -0.25) is 0 Å². The average Bonchev–Trinajstić information content (AvgIpc) is 2.74. The minimum absolute atomic E-state index is 0.0991. The highest BCUT2D eigenvalue weighted by Crippen LogP contribution is 2.26. The van der Waals surface area contributed by atoms with E-state index in [1.165, 1.54) is 11.1 Å². The van der Waals surface area contributed by atoms with Crippen molar-refractivity contribution >= 4 is 5.82 Å². The molecule has 0 amide bonds. The van der Waals surface area contributed by atoms with Crippen molar-refractivity contribution in [3.8, 4) is 11.5 Å². The molecule has 146 valence electrons. The third kappa shape index (κ3) is 4.81. The number of rotatable bonds is 8. The van der Waals surface area contributed by atoms with Crippen LogP contribution in [0.25, 0.3) is 0 Å². The van der Waals surface area contributed by atoms with Crippen molar-refractivity contribution in [3.63, 3.8) is 0 Å². The number of hydrogen-bond donors (Lipinski definition) is 1. The molecule has 5 heteroatoms. The lowest BCUT2D eigenvalue weighted by molar-refractivity contribution is 0.414. The quantitative estimate of drug-likeness (QED) is 0.633. The van der Waals surface area contributed by atoms with E-state index in [0.717, 1.165) is 22.9 Å². The summed E-state index contributed by atoms with van der Waals surface area (Å²) in [5.74, 6) is 2.60. The number of nitrogens with zero attached hydrogens (tertiary/aromatic N) is 2. The summed E-state index contributed by atoms with van der Waals surface area (Å²) < 4.78 is 10.5. The van der Waals surface area contributed by atoms with Crippen molar-refractivity contribution < 1.29 is 9.47 Å². The molecule has 3 aromatic rings. The van der Waals surface area contributed by atoms with Crippen LogP contribution in [0.15, 0.2) is 66.9 Å². The van der Waals surface area contributed by atoms with E-state index in [4.69, 9.17) is 15.2 Å². The molecule has 0 fully saturated rings. The van der Waals surface area contributed by atoms with Crippen molar-refractivity contribution in [3.05, 3.63) is 83.6 Å². The number of aromatic nitrogens is 1. The van der Waals surface area contributed by atoms with Gasteiger partial charge in [0.05, 0.1) is 14.2 Å². The smallest absolute Gasteiger partial charge is 0.133 e. The molecule has 28 heavy (non-hydrogen) atoms. The Kier molecular flexibility index (Phi) is 6.50. The number of benzene rings is 2.